The third-order valence-electron chi connectivity index (χ3n) is 4.91. The van der Waals surface area contributed by atoms with Crippen molar-refractivity contribution >= 4 is 28.9 Å². The number of ether oxygens (including phenoxy) is 1. The number of carbonyl (C=O) groups excluding carboxylic acids is 1. The molecule has 0 spiro atoms. The number of carbonyl (C=O) groups is 1. The summed E-state index contributed by atoms with van der Waals surface area (Å²) < 4.78 is 11.5. The average Bonchev–Trinajstić information content (AvgIpc) is 2.77. The summed E-state index contributed by atoms with van der Waals surface area (Å²) in [6.07, 6.45) is 13.3. The van der Waals surface area contributed by atoms with E-state index in [0.717, 1.165) is 23.7 Å². The molecule has 0 heterocycles. The van der Waals surface area contributed by atoms with Crippen LogP contribution in [0, 0.1) is 0 Å². The Morgan fingerprint density at radius 1 is 0.767 bits per heavy atom. The average molecular weight is 449 g/mol. The first-order chi connectivity index (χ1) is 14.7. The van der Waals surface area contributed by atoms with E-state index in [-0.39, 0.29) is 0 Å². The first-order valence-corrected chi connectivity index (χ1v) is 12.2. The largest absolute Gasteiger partial charge is 0.494 e. The van der Waals surface area contributed by atoms with Crippen LogP contribution in [0.4, 0.5) is 0 Å². The molecule has 0 fully saturated rings. The molecule has 0 saturated carbocycles. The van der Waals surface area contributed by atoms with Crippen molar-refractivity contribution in [3.05, 3.63) is 54.1 Å². The molecule has 0 aliphatic heterocycles. The maximum absolute atomic E-state index is 11.1. The second-order valence-corrected chi connectivity index (χ2v) is 8.61. The van der Waals surface area contributed by atoms with E-state index >= 15 is 0 Å². The van der Waals surface area contributed by atoms with Gasteiger partial charge in [-0.3, -0.25) is 4.79 Å². The second-order valence-electron chi connectivity index (χ2n) is 7.47. The lowest BCUT2D eigenvalue weighted by Gasteiger charge is -2.08. The Kier molecular flexibility index (Phi) is 12.5. The third-order valence-corrected chi connectivity index (χ3v) is 5.86. The molecule has 0 bridgehead atoms. The van der Waals surface area contributed by atoms with Crippen LogP contribution < -0.4 is 8.92 Å². The molecule has 0 unspecified atom stereocenters. The van der Waals surface area contributed by atoms with Gasteiger partial charge in [-0.05, 0) is 66.6 Å². The third kappa shape index (κ3) is 10.4. The number of hydrogen-bond donors (Lipinski definition) is 0. The van der Waals surface area contributed by atoms with Crippen LogP contribution in [0.5, 0.6) is 11.5 Å². The Balaban J connectivity index is 1.54. The van der Waals surface area contributed by atoms with Gasteiger partial charge in [-0.1, -0.05) is 64.7 Å². The Bertz CT molecular complexity index is 716. The molecule has 0 saturated heterocycles. The predicted molar refractivity (Wildman–Crippen MR) is 127 cm³/mol. The fourth-order valence-electron chi connectivity index (χ4n) is 3.11. The molecule has 5 heteroatoms. The molecule has 0 N–H and O–H groups in total. The van der Waals surface area contributed by atoms with Crippen LogP contribution in [0.3, 0.4) is 0 Å². The fourth-order valence-corrected chi connectivity index (χ4v) is 3.79. The Hall–Kier alpha value is -1.65. The zero-order chi connectivity index (χ0) is 21.4. The number of unbranched alkanes of at least 4 members (excludes halogenated alkanes) is 9. The van der Waals surface area contributed by atoms with Gasteiger partial charge in [0.05, 0.1) is 18.6 Å². The van der Waals surface area contributed by atoms with Gasteiger partial charge >= 0.3 is 0 Å². The number of halogens is 1. The van der Waals surface area contributed by atoms with Crippen molar-refractivity contribution in [1.82, 2.24) is 0 Å². The van der Waals surface area contributed by atoms with Gasteiger partial charge in [0, 0.05) is 10.5 Å². The number of benzene rings is 2. The van der Waals surface area contributed by atoms with Crippen LogP contribution in [-0.4, -0.2) is 11.8 Å². The molecule has 3 nitrogen and oxygen atoms in total. The maximum Gasteiger partial charge on any atom is 0.252 e. The zero-order valence-electron chi connectivity index (χ0n) is 17.9. The van der Waals surface area contributed by atoms with Gasteiger partial charge in [0.15, 0.2) is 0 Å². The standard InChI is InChI=1S/C25H33ClO3S/c1-2-3-4-5-6-7-8-9-10-11-20-28-22-16-18-24(19-17-22)30-29-23-14-12-21(13-15-23)25(26)27/h12-19H,2-11,20H2,1H3. The van der Waals surface area contributed by atoms with Crippen LogP contribution in [-0.2, 0) is 0 Å². The van der Waals surface area contributed by atoms with Crippen molar-refractivity contribution in [2.45, 2.75) is 76.0 Å². The summed E-state index contributed by atoms with van der Waals surface area (Å²) in [5.41, 5.74) is 0.456. The van der Waals surface area contributed by atoms with Gasteiger partial charge < -0.3 is 8.92 Å². The molecule has 0 aliphatic carbocycles. The Labute approximate surface area is 190 Å². The molecule has 0 aromatic heterocycles. The second kappa shape index (κ2) is 15.2. The molecule has 0 amide bonds. The van der Waals surface area contributed by atoms with Gasteiger partial charge in [0.1, 0.15) is 11.5 Å². The first-order valence-electron chi connectivity index (χ1n) is 11.1. The highest BCUT2D eigenvalue weighted by atomic mass is 35.5. The predicted octanol–water partition coefficient (Wildman–Crippen LogP) is 8.45. The van der Waals surface area contributed by atoms with Crippen molar-refractivity contribution in [2.75, 3.05) is 6.61 Å². The van der Waals surface area contributed by atoms with Crippen molar-refractivity contribution in [1.29, 1.82) is 0 Å². The maximum atomic E-state index is 11.1. The summed E-state index contributed by atoms with van der Waals surface area (Å²) in [6, 6.07) is 14.7. The number of hydrogen-bond acceptors (Lipinski definition) is 4. The molecule has 0 radical (unpaired) electrons. The lowest BCUT2D eigenvalue weighted by molar-refractivity contribution is 0.108. The van der Waals surface area contributed by atoms with Gasteiger partial charge in [-0.15, -0.1) is 0 Å². The van der Waals surface area contributed by atoms with Gasteiger partial charge in [-0.2, -0.15) is 0 Å². The van der Waals surface area contributed by atoms with Crippen molar-refractivity contribution in [3.63, 3.8) is 0 Å². The van der Waals surface area contributed by atoms with Gasteiger partial charge in [0.25, 0.3) is 5.24 Å². The van der Waals surface area contributed by atoms with Crippen LogP contribution in [0.2, 0.25) is 0 Å². The molecular formula is C25H33ClO3S. The first kappa shape index (κ1) is 24.6. The summed E-state index contributed by atoms with van der Waals surface area (Å²) in [4.78, 5) is 12.1. The van der Waals surface area contributed by atoms with E-state index in [1.807, 2.05) is 24.3 Å². The van der Waals surface area contributed by atoms with E-state index in [9.17, 15) is 4.79 Å². The highest BCUT2D eigenvalue weighted by Crippen LogP contribution is 2.26. The summed E-state index contributed by atoms with van der Waals surface area (Å²) in [7, 11) is 0. The van der Waals surface area contributed by atoms with Crippen LogP contribution in [0.15, 0.2) is 53.4 Å². The monoisotopic (exact) mass is 448 g/mol. The molecule has 2 aromatic rings. The Morgan fingerprint density at radius 3 is 1.87 bits per heavy atom. The van der Waals surface area contributed by atoms with Crippen LogP contribution in [0.1, 0.15) is 81.5 Å². The topological polar surface area (TPSA) is 35.5 Å². The molecule has 0 atom stereocenters. The van der Waals surface area contributed by atoms with Gasteiger partial charge in [0.2, 0.25) is 0 Å². The minimum Gasteiger partial charge on any atom is -0.494 e. The van der Waals surface area contributed by atoms with Crippen LogP contribution >= 0.6 is 23.6 Å². The molecular weight excluding hydrogens is 416 g/mol. The quantitative estimate of drug-likeness (QED) is 0.146. The van der Waals surface area contributed by atoms with E-state index in [1.54, 1.807) is 24.3 Å². The Morgan fingerprint density at radius 2 is 1.30 bits per heavy atom. The van der Waals surface area contributed by atoms with Crippen molar-refractivity contribution in [3.8, 4) is 11.5 Å². The summed E-state index contributed by atoms with van der Waals surface area (Å²) in [5.74, 6) is 1.56. The van der Waals surface area contributed by atoms with E-state index in [4.69, 9.17) is 20.5 Å². The number of rotatable bonds is 16. The van der Waals surface area contributed by atoms with Gasteiger partial charge in [-0.25, -0.2) is 0 Å². The lowest BCUT2D eigenvalue weighted by atomic mass is 10.1. The molecule has 164 valence electrons. The smallest absolute Gasteiger partial charge is 0.252 e. The molecule has 2 rings (SSSR count). The van der Waals surface area contributed by atoms with E-state index in [0.29, 0.717) is 11.3 Å². The van der Waals surface area contributed by atoms with Crippen molar-refractivity contribution < 1.29 is 13.7 Å². The molecule has 30 heavy (non-hydrogen) atoms. The van der Waals surface area contributed by atoms with Crippen molar-refractivity contribution in [2.24, 2.45) is 0 Å². The minimum atomic E-state index is -0.470. The zero-order valence-corrected chi connectivity index (χ0v) is 19.5. The highest BCUT2D eigenvalue weighted by Gasteiger charge is 2.03. The summed E-state index contributed by atoms with van der Waals surface area (Å²) in [5, 5.41) is -0.470. The van der Waals surface area contributed by atoms with E-state index in [1.165, 1.54) is 69.8 Å². The SMILES string of the molecule is CCCCCCCCCCCCOc1ccc(SOc2ccc(C(=O)Cl)cc2)cc1. The minimum absolute atomic E-state index is 0.456. The summed E-state index contributed by atoms with van der Waals surface area (Å²) in [6.45, 7) is 3.03. The van der Waals surface area contributed by atoms with E-state index < -0.39 is 5.24 Å². The molecule has 0 aliphatic rings. The summed E-state index contributed by atoms with van der Waals surface area (Å²) >= 11 is 6.71. The fraction of sp³-hybridized carbons (Fsp3) is 0.480. The van der Waals surface area contributed by atoms with E-state index in [2.05, 4.69) is 6.92 Å². The molecule has 2 aromatic carbocycles. The van der Waals surface area contributed by atoms with Crippen LogP contribution in [0.25, 0.3) is 0 Å². The lowest BCUT2D eigenvalue weighted by Crippen LogP contribution is -1.97. The highest BCUT2D eigenvalue weighted by molar-refractivity contribution is 7.95. The normalized spacial score (nSPS) is 10.7.